The van der Waals surface area contributed by atoms with E-state index in [9.17, 15) is 8.42 Å². The zero-order valence-electron chi connectivity index (χ0n) is 9.41. The van der Waals surface area contributed by atoms with Crippen LogP contribution in [0.3, 0.4) is 0 Å². The Morgan fingerprint density at radius 3 is 2.73 bits per heavy atom. The van der Waals surface area contributed by atoms with Gasteiger partial charge in [-0.3, -0.25) is 0 Å². The van der Waals surface area contributed by atoms with E-state index >= 15 is 0 Å². The van der Waals surface area contributed by atoms with E-state index in [0.29, 0.717) is 12.2 Å². The summed E-state index contributed by atoms with van der Waals surface area (Å²) >= 11 is 0. The maximum absolute atomic E-state index is 11.9. The summed E-state index contributed by atoms with van der Waals surface area (Å²) in [6, 6.07) is -0.0113. The van der Waals surface area contributed by atoms with Gasteiger partial charge in [-0.15, -0.1) is 11.8 Å². The van der Waals surface area contributed by atoms with Gasteiger partial charge in [0.15, 0.2) is 9.84 Å². The Labute approximate surface area is 92.6 Å². The molecule has 0 radical (unpaired) electrons. The Morgan fingerprint density at radius 2 is 2.20 bits per heavy atom. The van der Waals surface area contributed by atoms with Crippen molar-refractivity contribution in [3.63, 3.8) is 0 Å². The van der Waals surface area contributed by atoms with Crippen LogP contribution in [-0.2, 0) is 9.84 Å². The van der Waals surface area contributed by atoms with Gasteiger partial charge in [0, 0.05) is 12.5 Å². The summed E-state index contributed by atoms with van der Waals surface area (Å²) < 4.78 is 23.7. The molecule has 0 spiro atoms. The Balaban J connectivity index is 2.76. The summed E-state index contributed by atoms with van der Waals surface area (Å²) in [5.41, 5.74) is 0. The molecule has 1 N–H and O–H groups in total. The van der Waals surface area contributed by atoms with Crippen molar-refractivity contribution in [2.45, 2.75) is 43.9 Å². The van der Waals surface area contributed by atoms with E-state index in [1.54, 1.807) is 6.92 Å². The predicted octanol–water partition coefficient (Wildman–Crippen LogP) is 0.955. The largest absolute Gasteiger partial charge is 0.315 e. The number of sulfone groups is 1. The summed E-state index contributed by atoms with van der Waals surface area (Å²) in [4.78, 5) is 0. The van der Waals surface area contributed by atoms with Crippen molar-refractivity contribution in [2.75, 3.05) is 12.8 Å². The minimum atomic E-state index is -2.90. The van der Waals surface area contributed by atoms with Gasteiger partial charge in [0.2, 0.25) is 0 Å². The van der Waals surface area contributed by atoms with E-state index in [1.807, 2.05) is 7.05 Å². The highest BCUT2D eigenvalue weighted by molar-refractivity contribution is 7.92. The molecule has 2 atom stereocenters. The molecular formula is C11H19NO2S. The van der Waals surface area contributed by atoms with E-state index in [0.717, 1.165) is 19.3 Å². The molecule has 0 amide bonds. The lowest BCUT2D eigenvalue weighted by molar-refractivity contribution is 0.463. The molecule has 0 aliphatic carbocycles. The Hall–Kier alpha value is -0.530. The molecule has 15 heavy (non-hydrogen) atoms. The van der Waals surface area contributed by atoms with Crippen LogP contribution in [0.4, 0.5) is 0 Å². The molecule has 86 valence electrons. The first-order valence-corrected chi connectivity index (χ1v) is 7.12. The number of nitrogens with one attached hydrogen (secondary N) is 1. The van der Waals surface area contributed by atoms with Gasteiger partial charge in [-0.05, 0) is 26.8 Å². The maximum Gasteiger partial charge on any atom is 0.154 e. The van der Waals surface area contributed by atoms with Crippen molar-refractivity contribution in [3.8, 4) is 11.8 Å². The first-order valence-electron chi connectivity index (χ1n) is 5.40. The second-order valence-electron chi connectivity index (χ2n) is 3.93. The minimum Gasteiger partial charge on any atom is -0.315 e. The van der Waals surface area contributed by atoms with Gasteiger partial charge in [-0.2, -0.15) is 0 Å². The molecular weight excluding hydrogens is 210 g/mol. The molecule has 0 saturated carbocycles. The zero-order valence-corrected chi connectivity index (χ0v) is 10.2. The molecule has 4 heteroatoms. The average Bonchev–Trinajstić information content (AvgIpc) is 2.20. The average molecular weight is 229 g/mol. The third kappa shape index (κ3) is 3.22. The van der Waals surface area contributed by atoms with Gasteiger partial charge >= 0.3 is 0 Å². The molecule has 1 rings (SSSR count). The Bertz CT molecular complexity index is 351. The molecule has 1 heterocycles. The van der Waals surface area contributed by atoms with Gasteiger partial charge in [-0.1, -0.05) is 6.42 Å². The highest BCUT2D eigenvalue weighted by atomic mass is 32.2. The molecule has 2 unspecified atom stereocenters. The van der Waals surface area contributed by atoms with Crippen molar-refractivity contribution in [1.82, 2.24) is 5.32 Å². The van der Waals surface area contributed by atoms with E-state index in [-0.39, 0.29) is 11.3 Å². The summed E-state index contributed by atoms with van der Waals surface area (Å²) in [5.74, 6) is 6.11. The smallest absolute Gasteiger partial charge is 0.154 e. The quantitative estimate of drug-likeness (QED) is 0.733. The number of rotatable bonds is 3. The van der Waals surface area contributed by atoms with E-state index in [4.69, 9.17) is 0 Å². The molecule has 1 fully saturated rings. The van der Waals surface area contributed by atoms with Crippen molar-refractivity contribution in [1.29, 1.82) is 0 Å². The standard InChI is InChI=1S/C11H19NO2S/c1-3-4-7-10(12-2)11-8-5-6-9-15(11,13)14/h10-12H,5-9H2,1-2H3. The molecule has 0 aromatic carbocycles. The second-order valence-corrected chi connectivity index (χ2v) is 6.27. The third-order valence-corrected chi connectivity index (χ3v) is 5.29. The lowest BCUT2D eigenvalue weighted by atomic mass is 10.0. The van der Waals surface area contributed by atoms with Gasteiger partial charge < -0.3 is 5.32 Å². The minimum absolute atomic E-state index is 0.0113. The summed E-state index contributed by atoms with van der Waals surface area (Å²) in [7, 11) is -1.08. The molecule has 0 aromatic rings. The van der Waals surface area contributed by atoms with Crippen LogP contribution in [0.1, 0.15) is 32.6 Å². The van der Waals surface area contributed by atoms with Gasteiger partial charge in [0.05, 0.1) is 11.0 Å². The number of hydrogen-bond acceptors (Lipinski definition) is 3. The van der Waals surface area contributed by atoms with Gasteiger partial charge in [-0.25, -0.2) is 8.42 Å². The fourth-order valence-corrected chi connectivity index (χ4v) is 4.23. The van der Waals surface area contributed by atoms with E-state index in [1.165, 1.54) is 0 Å². The molecule has 1 aliphatic rings. The third-order valence-electron chi connectivity index (χ3n) is 2.95. The van der Waals surface area contributed by atoms with Crippen LogP contribution in [0, 0.1) is 11.8 Å². The van der Waals surface area contributed by atoms with Crippen molar-refractivity contribution < 1.29 is 8.42 Å². The van der Waals surface area contributed by atoms with Crippen molar-refractivity contribution in [3.05, 3.63) is 0 Å². The Morgan fingerprint density at radius 1 is 1.47 bits per heavy atom. The normalized spacial score (nSPS) is 26.4. The molecule has 3 nitrogen and oxygen atoms in total. The second kappa shape index (κ2) is 5.53. The molecule has 0 aromatic heterocycles. The van der Waals surface area contributed by atoms with Gasteiger partial charge in [0.25, 0.3) is 0 Å². The molecule has 1 aliphatic heterocycles. The van der Waals surface area contributed by atoms with Crippen LogP contribution in [-0.4, -0.2) is 32.5 Å². The highest BCUT2D eigenvalue weighted by Gasteiger charge is 2.34. The van der Waals surface area contributed by atoms with Gasteiger partial charge in [0.1, 0.15) is 0 Å². The summed E-state index contributed by atoms with van der Waals surface area (Å²) in [5, 5.41) is 2.84. The van der Waals surface area contributed by atoms with Crippen LogP contribution in [0.5, 0.6) is 0 Å². The highest BCUT2D eigenvalue weighted by Crippen LogP contribution is 2.23. The van der Waals surface area contributed by atoms with Crippen LogP contribution in [0.2, 0.25) is 0 Å². The van der Waals surface area contributed by atoms with Crippen molar-refractivity contribution in [2.24, 2.45) is 0 Å². The predicted molar refractivity (Wildman–Crippen MR) is 62.3 cm³/mol. The van der Waals surface area contributed by atoms with Crippen LogP contribution < -0.4 is 5.32 Å². The van der Waals surface area contributed by atoms with Crippen LogP contribution in [0.15, 0.2) is 0 Å². The SMILES string of the molecule is CC#CCC(NC)C1CCCCS1(=O)=O. The molecule has 1 saturated heterocycles. The maximum atomic E-state index is 11.9. The molecule has 0 bridgehead atoms. The van der Waals surface area contributed by atoms with Crippen LogP contribution in [0.25, 0.3) is 0 Å². The fraction of sp³-hybridized carbons (Fsp3) is 0.818. The van der Waals surface area contributed by atoms with Crippen LogP contribution >= 0.6 is 0 Å². The Kier molecular flexibility index (Phi) is 4.62. The number of hydrogen-bond donors (Lipinski definition) is 1. The first-order chi connectivity index (χ1) is 7.11. The topological polar surface area (TPSA) is 46.2 Å². The summed E-state index contributed by atoms with van der Waals surface area (Å²) in [6.45, 7) is 1.78. The lowest BCUT2D eigenvalue weighted by Gasteiger charge is -2.28. The van der Waals surface area contributed by atoms with Crippen molar-refractivity contribution >= 4 is 9.84 Å². The monoisotopic (exact) mass is 229 g/mol. The lowest BCUT2D eigenvalue weighted by Crippen LogP contribution is -2.45. The van der Waals surface area contributed by atoms with E-state index in [2.05, 4.69) is 17.2 Å². The zero-order chi connectivity index (χ0) is 11.3. The fourth-order valence-electron chi connectivity index (χ4n) is 2.06. The first kappa shape index (κ1) is 12.5. The van der Waals surface area contributed by atoms with E-state index < -0.39 is 9.84 Å². The summed E-state index contributed by atoms with van der Waals surface area (Å²) in [6.07, 6.45) is 3.23.